The molecule has 0 spiro atoms. The van der Waals surface area contributed by atoms with Crippen LogP contribution in [0.15, 0.2) is 46.5 Å². The Kier molecular flexibility index (Phi) is 3.70. The lowest BCUT2D eigenvalue weighted by atomic mass is 10.0. The van der Waals surface area contributed by atoms with Crippen molar-refractivity contribution in [2.45, 2.75) is 23.7 Å². The number of rotatable bonds is 5. The molecule has 4 rings (SSSR count). The molecule has 7 nitrogen and oxygen atoms in total. The second kappa shape index (κ2) is 5.88. The van der Waals surface area contributed by atoms with E-state index >= 15 is 0 Å². The highest BCUT2D eigenvalue weighted by atomic mass is 32.2. The van der Waals surface area contributed by atoms with Gasteiger partial charge in [0.05, 0.1) is 23.0 Å². The van der Waals surface area contributed by atoms with Gasteiger partial charge in [0.2, 0.25) is 5.78 Å². The van der Waals surface area contributed by atoms with E-state index in [0.29, 0.717) is 27.5 Å². The van der Waals surface area contributed by atoms with Crippen LogP contribution in [0.3, 0.4) is 0 Å². The SMILES string of the molecule is C[S+]([O-])c1cc(-n2cncn2)ccc1C(=O)c1cnoc1C1CC1. The number of hydrogen-bond acceptors (Lipinski definition) is 6. The van der Waals surface area contributed by atoms with E-state index in [0.717, 1.165) is 12.8 Å². The minimum absolute atomic E-state index is 0.214. The molecule has 1 saturated carbocycles. The van der Waals surface area contributed by atoms with Crippen molar-refractivity contribution in [3.05, 3.63) is 53.9 Å². The van der Waals surface area contributed by atoms with Crippen LogP contribution in [0.2, 0.25) is 0 Å². The monoisotopic (exact) mass is 342 g/mol. The minimum Gasteiger partial charge on any atom is -0.612 e. The van der Waals surface area contributed by atoms with Crippen LogP contribution >= 0.6 is 0 Å². The number of benzene rings is 1. The fraction of sp³-hybridized carbons (Fsp3) is 0.250. The molecular weight excluding hydrogens is 328 g/mol. The van der Waals surface area contributed by atoms with Gasteiger partial charge in [0.1, 0.15) is 18.9 Å². The van der Waals surface area contributed by atoms with Crippen LogP contribution in [-0.4, -0.2) is 36.5 Å². The van der Waals surface area contributed by atoms with Gasteiger partial charge in [-0.2, -0.15) is 5.10 Å². The third-order valence-electron chi connectivity index (χ3n) is 3.99. The fourth-order valence-electron chi connectivity index (χ4n) is 2.62. The highest BCUT2D eigenvalue weighted by Gasteiger charge is 2.34. The molecule has 0 N–H and O–H groups in total. The second-order valence-electron chi connectivity index (χ2n) is 5.68. The van der Waals surface area contributed by atoms with E-state index in [2.05, 4.69) is 15.2 Å². The van der Waals surface area contributed by atoms with Crippen molar-refractivity contribution in [3.8, 4) is 5.69 Å². The van der Waals surface area contributed by atoms with Gasteiger partial charge in [0.15, 0.2) is 10.7 Å². The van der Waals surface area contributed by atoms with Crippen molar-refractivity contribution >= 4 is 17.0 Å². The Balaban J connectivity index is 1.76. The van der Waals surface area contributed by atoms with Crippen molar-refractivity contribution in [1.82, 2.24) is 19.9 Å². The van der Waals surface area contributed by atoms with Crippen LogP contribution in [0.5, 0.6) is 0 Å². The summed E-state index contributed by atoms with van der Waals surface area (Å²) in [6, 6.07) is 5.12. The van der Waals surface area contributed by atoms with E-state index in [9.17, 15) is 9.35 Å². The molecule has 3 aromatic rings. The highest BCUT2D eigenvalue weighted by Crippen LogP contribution is 2.42. The first-order valence-electron chi connectivity index (χ1n) is 7.47. The number of aromatic nitrogens is 4. The molecule has 0 amide bonds. The third kappa shape index (κ3) is 2.63. The van der Waals surface area contributed by atoms with Crippen LogP contribution < -0.4 is 0 Å². The van der Waals surface area contributed by atoms with Crippen LogP contribution in [0.1, 0.15) is 40.4 Å². The number of hydrogen-bond donors (Lipinski definition) is 0. The zero-order valence-corrected chi connectivity index (χ0v) is 13.7. The Morgan fingerprint density at radius 1 is 1.38 bits per heavy atom. The van der Waals surface area contributed by atoms with Gasteiger partial charge in [-0.3, -0.25) is 4.79 Å². The van der Waals surface area contributed by atoms with Crippen molar-refractivity contribution in [2.24, 2.45) is 0 Å². The quantitative estimate of drug-likeness (QED) is 0.520. The first-order valence-corrected chi connectivity index (χ1v) is 9.02. The van der Waals surface area contributed by atoms with E-state index < -0.39 is 11.2 Å². The summed E-state index contributed by atoms with van der Waals surface area (Å²) in [6.07, 6.45) is 7.97. The molecule has 1 atom stereocenters. The molecule has 1 aromatic carbocycles. The van der Waals surface area contributed by atoms with Gasteiger partial charge in [-0.15, -0.1) is 0 Å². The molecule has 122 valence electrons. The Hall–Kier alpha value is -2.45. The maximum absolute atomic E-state index is 12.9. The average molecular weight is 342 g/mol. The molecule has 1 fully saturated rings. The van der Waals surface area contributed by atoms with Crippen molar-refractivity contribution in [1.29, 1.82) is 0 Å². The molecule has 0 saturated heterocycles. The van der Waals surface area contributed by atoms with Gasteiger partial charge in [0, 0.05) is 12.0 Å². The molecule has 1 unspecified atom stereocenters. The molecular formula is C16H14N4O3S. The molecule has 1 aliphatic rings. The number of carbonyl (C=O) groups is 1. The van der Waals surface area contributed by atoms with Gasteiger partial charge in [-0.05, 0) is 36.2 Å². The summed E-state index contributed by atoms with van der Waals surface area (Å²) < 4.78 is 19.0. The highest BCUT2D eigenvalue weighted by molar-refractivity contribution is 7.90. The summed E-state index contributed by atoms with van der Waals surface area (Å²) in [7, 11) is 0. The minimum atomic E-state index is -1.33. The van der Waals surface area contributed by atoms with E-state index in [1.54, 1.807) is 35.5 Å². The maximum Gasteiger partial charge on any atom is 0.203 e. The largest absolute Gasteiger partial charge is 0.612 e. The van der Waals surface area contributed by atoms with E-state index in [1.165, 1.54) is 12.5 Å². The normalized spacial score (nSPS) is 15.4. The van der Waals surface area contributed by atoms with Crippen molar-refractivity contribution < 1.29 is 13.9 Å². The Morgan fingerprint density at radius 3 is 2.88 bits per heavy atom. The average Bonchev–Trinajstić information content (AvgIpc) is 3.10. The number of ketones is 1. The maximum atomic E-state index is 12.9. The molecule has 1 aliphatic carbocycles. The molecule has 0 radical (unpaired) electrons. The fourth-order valence-corrected chi connectivity index (χ4v) is 3.38. The van der Waals surface area contributed by atoms with Crippen molar-refractivity contribution in [3.63, 3.8) is 0 Å². The molecule has 0 bridgehead atoms. The lowest BCUT2D eigenvalue weighted by Crippen LogP contribution is -2.11. The van der Waals surface area contributed by atoms with Crippen LogP contribution in [-0.2, 0) is 11.2 Å². The zero-order chi connectivity index (χ0) is 16.7. The Bertz CT molecular complexity index is 885. The van der Waals surface area contributed by atoms with E-state index in [-0.39, 0.29) is 11.7 Å². The Labute approximate surface area is 140 Å². The van der Waals surface area contributed by atoms with Crippen LogP contribution in [0.4, 0.5) is 0 Å². The standard InChI is InChI=1S/C16H14N4O3S/c1-24(22)14-6-11(20-9-17-8-18-20)4-5-12(14)15(21)13-7-19-23-16(13)10-2-3-10/h4-10H,2-3H2,1H3. The molecule has 0 aliphatic heterocycles. The molecule has 8 heteroatoms. The zero-order valence-electron chi connectivity index (χ0n) is 12.9. The summed E-state index contributed by atoms with van der Waals surface area (Å²) in [5.74, 6) is 0.693. The van der Waals surface area contributed by atoms with Crippen LogP contribution in [0.25, 0.3) is 5.69 Å². The summed E-state index contributed by atoms with van der Waals surface area (Å²) in [5.41, 5.74) is 1.55. The smallest absolute Gasteiger partial charge is 0.203 e. The van der Waals surface area contributed by atoms with Gasteiger partial charge in [-0.1, -0.05) is 5.16 Å². The topological polar surface area (TPSA) is 96.9 Å². The second-order valence-corrected chi connectivity index (χ2v) is 7.03. The third-order valence-corrected chi connectivity index (χ3v) is 4.95. The van der Waals surface area contributed by atoms with Gasteiger partial charge < -0.3 is 9.08 Å². The first kappa shape index (κ1) is 15.1. The summed E-state index contributed by atoms with van der Waals surface area (Å²) in [5, 5.41) is 7.82. The lowest BCUT2D eigenvalue weighted by molar-refractivity contribution is 0.103. The van der Waals surface area contributed by atoms with Crippen molar-refractivity contribution in [2.75, 3.05) is 6.26 Å². The first-order chi connectivity index (χ1) is 11.6. The predicted molar refractivity (Wildman–Crippen MR) is 85.6 cm³/mol. The molecule has 2 heterocycles. The van der Waals surface area contributed by atoms with Gasteiger partial charge in [0.25, 0.3) is 0 Å². The Morgan fingerprint density at radius 2 is 2.21 bits per heavy atom. The molecule has 2 aromatic heterocycles. The summed E-state index contributed by atoms with van der Waals surface area (Å²) >= 11 is -1.33. The van der Waals surface area contributed by atoms with E-state index in [4.69, 9.17) is 4.52 Å². The van der Waals surface area contributed by atoms with Crippen LogP contribution in [0, 0.1) is 0 Å². The summed E-state index contributed by atoms with van der Waals surface area (Å²) in [6.45, 7) is 0. The molecule has 24 heavy (non-hydrogen) atoms. The lowest BCUT2D eigenvalue weighted by Gasteiger charge is -2.11. The summed E-state index contributed by atoms with van der Waals surface area (Å²) in [4.78, 5) is 17.3. The number of nitrogens with zero attached hydrogens (tertiary/aromatic N) is 4. The van der Waals surface area contributed by atoms with Gasteiger partial charge >= 0.3 is 0 Å². The van der Waals surface area contributed by atoms with Gasteiger partial charge in [-0.25, -0.2) is 9.67 Å². The predicted octanol–water partition coefficient (Wildman–Crippen LogP) is 2.10. The number of carbonyl (C=O) groups excluding carboxylic acids is 1. The van der Waals surface area contributed by atoms with E-state index in [1.807, 2.05) is 0 Å².